The highest BCUT2D eigenvalue weighted by atomic mass is 16.5. The first-order valence-electron chi connectivity index (χ1n) is 8.19. The standard InChI is InChI=1S/C20H23NO5/c1-21(17(20(23)24)11-14-7-5-4-6-8-14)19(22)13-15-12-16(25-2)9-10-18(15)26-3/h4-10,12,17H,11,13H2,1-3H3,(H,23,24). The van der Waals surface area contributed by atoms with Gasteiger partial charge in [-0.05, 0) is 23.8 Å². The quantitative estimate of drug-likeness (QED) is 0.785. The van der Waals surface area contributed by atoms with Gasteiger partial charge in [0.1, 0.15) is 17.5 Å². The summed E-state index contributed by atoms with van der Waals surface area (Å²) in [5, 5.41) is 9.56. The average Bonchev–Trinajstić information content (AvgIpc) is 2.66. The van der Waals surface area contributed by atoms with Gasteiger partial charge in [-0.1, -0.05) is 30.3 Å². The van der Waals surface area contributed by atoms with Crippen LogP contribution in [0.5, 0.6) is 11.5 Å². The maximum atomic E-state index is 12.7. The third-order valence-electron chi connectivity index (χ3n) is 4.25. The molecule has 6 nitrogen and oxygen atoms in total. The van der Waals surface area contributed by atoms with Crippen LogP contribution in [-0.4, -0.2) is 49.2 Å². The van der Waals surface area contributed by atoms with Crippen molar-refractivity contribution in [3.63, 3.8) is 0 Å². The maximum Gasteiger partial charge on any atom is 0.326 e. The zero-order valence-corrected chi connectivity index (χ0v) is 15.1. The van der Waals surface area contributed by atoms with Crippen LogP contribution in [0.25, 0.3) is 0 Å². The molecule has 0 aromatic heterocycles. The number of aliphatic carboxylic acids is 1. The summed E-state index contributed by atoms with van der Waals surface area (Å²) in [5.74, 6) is -0.181. The number of carbonyl (C=O) groups excluding carboxylic acids is 1. The van der Waals surface area contributed by atoms with Gasteiger partial charge >= 0.3 is 5.97 Å². The van der Waals surface area contributed by atoms with Gasteiger partial charge in [-0.25, -0.2) is 4.79 Å². The first-order valence-corrected chi connectivity index (χ1v) is 8.19. The second-order valence-electron chi connectivity index (χ2n) is 5.90. The molecule has 0 aliphatic rings. The van der Waals surface area contributed by atoms with Crippen LogP contribution < -0.4 is 9.47 Å². The van der Waals surface area contributed by atoms with E-state index >= 15 is 0 Å². The highest BCUT2D eigenvalue weighted by Gasteiger charge is 2.27. The van der Waals surface area contributed by atoms with Gasteiger partial charge < -0.3 is 19.5 Å². The highest BCUT2D eigenvalue weighted by Crippen LogP contribution is 2.25. The van der Waals surface area contributed by atoms with E-state index < -0.39 is 12.0 Å². The predicted molar refractivity (Wildman–Crippen MR) is 97.6 cm³/mol. The summed E-state index contributed by atoms with van der Waals surface area (Å²) < 4.78 is 10.5. The van der Waals surface area contributed by atoms with E-state index in [9.17, 15) is 14.7 Å². The van der Waals surface area contributed by atoms with E-state index in [0.717, 1.165) is 5.56 Å². The molecule has 1 N–H and O–H groups in total. The first kappa shape index (κ1) is 19.3. The molecule has 0 spiro atoms. The number of likely N-dealkylation sites (N-methyl/N-ethyl adjacent to an activating group) is 1. The molecule has 0 heterocycles. The fourth-order valence-corrected chi connectivity index (χ4v) is 2.71. The van der Waals surface area contributed by atoms with E-state index in [-0.39, 0.29) is 18.7 Å². The van der Waals surface area contributed by atoms with Crippen LogP contribution in [0.15, 0.2) is 48.5 Å². The van der Waals surface area contributed by atoms with Crippen LogP contribution in [-0.2, 0) is 22.4 Å². The van der Waals surface area contributed by atoms with E-state index in [0.29, 0.717) is 17.1 Å². The lowest BCUT2D eigenvalue weighted by molar-refractivity contribution is -0.148. The third-order valence-corrected chi connectivity index (χ3v) is 4.25. The number of rotatable bonds is 8. The van der Waals surface area contributed by atoms with Crippen molar-refractivity contribution in [1.29, 1.82) is 0 Å². The Labute approximate surface area is 153 Å². The number of methoxy groups -OCH3 is 2. The summed E-state index contributed by atoms with van der Waals surface area (Å²) in [5.41, 5.74) is 1.51. The number of carboxylic acids is 1. The van der Waals surface area contributed by atoms with Crippen molar-refractivity contribution in [2.24, 2.45) is 0 Å². The molecular weight excluding hydrogens is 334 g/mol. The van der Waals surface area contributed by atoms with Crippen LogP contribution in [0.3, 0.4) is 0 Å². The molecule has 1 unspecified atom stereocenters. The van der Waals surface area contributed by atoms with E-state index in [2.05, 4.69) is 0 Å². The average molecular weight is 357 g/mol. The molecule has 2 aromatic rings. The normalized spacial score (nSPS) is 11.5. The molecule has 2 rings (SSSR count). The Hall–Kier alpha value is -3.02. The topological polar surface area (TPSA) is 76.1 Å². The lowest BCUT2D eigenvalue weighted by Gasteiger charge is -2.25. The Kier molecular flexibility index (Phi) is 6.60. The monoisotopic (exact) mass is 357 g/mol. The van der Waals surface area contributed by atoms with Crippen molar-refractivity contribution in [2.75, 3.05) is 21.3 Å². The minimum Gasteiger partial charge on any atom is -0.497 e. The molecule has 6 heteroatoms. The molecule has 26 heavy (non-hydrogen) atoms. The van der Waals surface area contributed by atoms with E-state index in [1.54, 1.807) is 25.3 Å². The SMILES string of the molecule is COc1ccc(OC)c(CC(=O)N(C)C(Cc2ccccc2)C(=O)O)c1. The summed E-state index contributed by atoms with van der Waals surface area (Å²) in [4.78, 5) is 25.6. The van der Waals surface area contributed by atoms with Crippen LogP contribution in [0.2, 0.25) is 0 Å². The second-order valence-corrected chi connectivity index (χ2v) is 5.90. The molecule has 0 radical (unpaired) electrons. The lowest BCUT2D eigenvalue weighted by atomic mass is 10.0. The Morgan fingerprint density at radius 1 is 1.08 bits per heavy atom. The fraction of sp³-hybridized carbons (Fsp3) is 0.300. The van der Waals surface area contributed by atoms with Gasteiger partial charge in [0.05, 0.1) is 20.6 Å². The molecule has 1 amide bonds. The maximum absolute atomic E-state index is 12.7. The van der Waals surface area contributed by atoms with Gasteiger partial charge in [0.2, 0.25) is 5.91 Å². The summed E-state index contributed by atoms with van der Waals surface area (Å²) in [6.45, 7) is 0. The number of nitrogens with zero attached hydrogens (tertiary/aromatic N) is 1. The smallest absolute Gasteiger partial charge is 0.326 e. The predicted octanol–water partition coefficient (Wildman–Crippen LogP) is 2.40. The highest BCUT2D eigenvalue weighted by molar-refractivity contribution is 5.85. The van der Waals surface area contributed by atoms with Gasteiger partial charge in [0.25, 0.3) is 0 Å². The van der Waals surface area contributed by atoms with Crippen molar-refractivity contribution >= 4 is 11.9 Å². The number of benzene rings is 2. The van der Waals surface area contributed by atoms with Crippen LogP contribution >= 0.6 is 0 Å². The molecule has 0 aliphatic carbocycles. The van der Waals surface area contributed by atoms with Gasteiger partial charge in [0, 0.05) is 19.0 Å². The summed E-state index contributed by atoms with van der Waals surface area (Å²) in [6, 6.07) is 13.5. The van der Waals surface area contributed by atoms with E-state index in [1.165, 1.54) is 19.1 Å². The number of carbonyl (C=O) groups is 2. The molecule has 0 saturated carbocycles. The molecule has 138 valence electrons. The Morgan fingerprint density at radius 3 is 2.35 bits per heavy atom. The molecule has 2 aromatic carbocycles. The van der Waals surface area contributed by atoms with Gasteiger partial charge in [0.15, 0.2) is 0 Å². The van der Waals surface area contributed by atoms with Gasteiger partial charge in [-0.3, -0.25) is 4.79 Å². The summed E-state index contributed by atoms with van der Waals surface area (Å²) >= 11 is 0. The second kappa shape index (κ2) is 8.89. The van der Waals surface area contributed by atoms with Gasteiger partial charge in [-0.15, -0.1) is 0 Å². The molecule has 0 fully saturated rings. The van der Waals surface area contributed by atoms with Crippen molar-refractivity contribution < 1.29 is 24.2 Å². The number of ether oxygens (including phenoxy) is 2. The van der Waals surface area contributed by atoms with Crippen molar-refractivity contribution in [1.82, 2.24) is 4.90 Å². The Balaban J connectivity index is 2.17. The zero-order valence-electron chi connectivity index (χ0n) is 15.1. The van der Waals surface area contributed by atoms with Gasteiger partial charge in [-0.2, -0.15) is 0 Å². The minimum absolute atomic E-state index is 0.0233. The number of hydrogen-bond donors (Lipinski definition) is 1. The first-order chi connectivity index (χ1) is 12.5. The molecule has 0 aliphatic heterocycles. The van der Waals surface area contributed by atoms with E-state index in [4.69, 9.17) is 9.47 Å². The van der Waals surface area contributed by atoms with Crippen molar-refractivity contribution in [3.8, 4) is 11.5 Å². The fourth-order valence-electron chi connectivity index (χ4n) is 2.71. The van der Waals surface area contributed by atoms with Crippen LogP contribution in [0.4, 0.5) is 0 Å². The van der Waals surface area contributed by atoms with Crippen LogP contribution in [0, 0.1) is 0 Å². The lowest BCUT2D eigenvalue weighted by Crippen LogP contribution is -2.44. The molecular formula is C20H23NO5. The zero-order chi connectivity index (χ0) is 19.1. The number of amides is 1. The summed E-state index contributed by atoms with van der Waals surface area (Å²) in [6.07, 6.45) is 0.267. The van der Waals surface area contributed by atoms with Crippen LogP contribution in [0.1, 0.15) is 11.1 Å². The number of hydrogen-bond acceptors (Lipinski definition) is 4. The molecule has 0 saturated heterocycles. The molecule has 0 bridgehead atoms. The molecule has 1 atom stereocenters. The van der Waals surface area contributed by atoms with Crippen molar-refractivity contribution in [3.05, 3.63) is 59.7 Å². The number of carboxylic acid groups (broad SMARTS) is 1. The van der Waals surface area contributed by atoms with Crippen molar-refractivity contribution in [2.45, 2.75) is 18.9 Å². The third kappa shape index (κ3) is 4.75. The Bertz CT molecular complexity index is 760. The minimum atomic E-state index is -1.04. The largest absolute Gasteiger partial charge is 0.497 e. The van der Waals surface area contributed by atoms with E-state index in [1.807, 2.05) is 30.3 Å². The Morgan fingerprint density at radius 2 is 1.77 bits per heavy atom. The summed E-state index contributed by atoms with van der Waals surface area (Å²) in [7, 11) is 4.57.